The van der Waals surface area contributed by atoms with Gasteiger partial charge in [-0.25, -0.2) is 0 Å². The summed E-state index contributed by atoms with van der Waals surface area (Å²) >= 11 is 0. The molecule has 1 aliphatic rings. The monoisotopic (exact) mass is 317 g/mol. The maximum Gasteiger partial charge on any atom is 0.232 e. The molecule has 1 aromatic heterocycles. The summed E-state index contributed by atoms with van der Waals surface area (Å²) in [5, 5.41) is 3.90. The second-order valence-electron chi connectivity index (χ2n) is 5.35. The van der Waals surface area contributed by atoms with Gasteiger partial charge in [0.25, 0.3) is 0 Å². The first-order valence-electron chi connectivity index (χ1n) is 7.51. The third kappa shape index (κ3) is 2.86. The minimum atomic E-state index is -0.105. The highest BCUT2D eigenvalue weighted by atomic mass is 16.5. The molecular weight excluding hydrogens is 298 g/mol. The maximum atomic E-state index is 12.4. The third-order valence-electron chi connectivity index (χ3n) is 3.95. The number of ether oxygens (including phenoxy) is 2. The molecule has 3 rings (SSSR count). The highest BCUT2D eigenvalue weighted by Crippen LogP contribution is 2.38. The van der Waals surface area contributed by atoms with Crippen molar-refractivity contribution in [3.63, 3.8) is 0 Å². The van der Waals surface area contributed by atoms with Gasteiger partial charge in [0.05, 0.1) is 25.8 Å². The van der Waals surface area contributed by atoms with Crippen molar-refractivity contribution < 1.29 is 18.8 Å². The first kappa shape index (κ1) is 15.3. The molecule has 7 heteroatoms. The van der Waals surface area contributed by atoms with E-state index in [2.05, 4.69) is 10.1 Å². The molecule has 1 amide bonds. The number of amides is 1. The molecule has 1 fully saturated rings. The molecule has 0 saturated carbocycles. The molecule has 1 unspecified atom stereocenters. The fourth-order valence-corrected chi connectivity index (χ4v) is 2.69. The number of nitrogens with zero attached hydrogens (tertiary/aromatic N) is 3. The first-order chi connectivity index (χ1) is 11.2. The van der Waals surface area contributed by atoms with Crippen molar-refractivity contribution in [1.29, 1.82) is 0 Å². The standard InChI is InChI=1S/C16H19N3O4/c1-4-14-17-16(23-18-14)10-7-15(20)19(9-10)12-8-11(21-2)5-6-13(12)22-3/h5-6,8,10H,4,7,9H2,1-3H3. The third-order valence-corrected chi connectivity index (χ3v) is 3.95. The second-order valence-corrected chi connectivity index (χ2v) is 5.35. The lowest BCUT2D eigenvalue weighted by Crippen LogP contribution is -2.24. The topological polar surface area (TPSA) is 77.7 Å². The summed E-state index contributed by atoms with van der Waals surface area (Å²) in [6, 6.07) is 5.38. The van der Waals surface area contributed by atoms with E-state index in [0.717, 1.165) is 0 Å². The molecule has 23 heavy (non-hydrogen) atoms. The van der Waals surface area contributed by atoms with Crippen molar-refractivity contribution in [3.8, 4) is 11.5 Å². The van der Waals surface area contributed by atoms with Crippen LogP contribution in [0.15, 0.2) is 22.7 Å². The Labute approximate surface area is 134 Å². The highest BCUT2D eigenvalue weighted by Gasteiger charge is 2.36. The first-order valence-corrected chi connectivity index (χ1v) is 7.51. The zero-order valence-electron chi connectivity index (χ0n) is 13.4. The van der Waals surface area contributed by atoms with Crippen molar-refractivity contribution in [3.05, 3.63) is 29.9 Å². The minimum Gasteiger partial charge on any atom is -0.497 e. The Balaban J connectivity index is 1.88. The zero-order chi connectivity index (χ0) is 16.4. The molecule has 2 heterocycles. The van der Waals surface area contributed by atoms with Crippen LogP contribution < -0.4 is 14.4 Å². The van der Waals surface area contributed by atoms with Crippen LogP contribution in [0.25, 0.3) is 0 Å². The molecule has 1 saturated heterocycles. The van der Waals surface area contributed by atoms with E-state index in [9.17, 15) is 4.79 Å². The molecule has 0 N–H and O–H groups in total. The average Bonchev–Trinajstić information content (AvgIpc) is 3.20. The van der Waals surface area contributed by atoms with Crippen LogP contribution in [0.2, 0.25) is 0 Å². The lowest BCUT2D eigenvalue weighted by atomic mass is 10.1. The predicted molar refractivity (Wildman–Crippen MR) is 82.9 cm³/mol. The minimum absolute atomic E-state index is 0.00204. The molecule has 1 atom stereocenters. The smallest absolute Gasteiger partial charge is 0.232 e. The summed E-state index contributed by atoms with van der Waals surface area (Å²) in [6.07, 6.45) is 1.04. The van der Waals surface area contributed by atoms with Gasteiger partial charge < -0.3 is 18.9 Å². The summed E-state index contributed by atoms with van der Waals surface area (Å²) < 4.78 is 15.9. The highest BCUT2D eigenvalue weighted by molar-refractivity contribution is 5.98. The number of carbonyl (C=O) groups is 1. The van der Waals surface area contributed by atoms with Crippen molar-refractivity contribution in [1.82, 2.24) is 10.1 Å². The summed E-state index contributed by atoms with van der Waals surface area (Å²) in [6.45, 7) is 2.44. The van der Waals surface area contributed by atoms with E-state index in [1.54, 1.807) is 37.3 Å². The van der Waals surface area contributed by atoms with Gasteiger partial charge in [0.2, 0.25) is 11.8 Å². The number of aryl methyl sites for hydroxylation is 1. The number of methoxy groups -OCH3 is 2. The van der Waals surface area contributed by atoms with Crippen molar-refractivity contribution in [2.45, 2.75) is 25.7 Å². The van der Waals surface area contributed by atoms with E-state index >= 15 is 0 Å². The van der Waals surface area contributed by atoms with E-state index in [1.807, 2.05) is 6.92 Å². The zero-order valence-corrected chi connectivity index (χ0v) is 13.4. The van der Waals surface area contributed by atoms with Crippen molar-refractivity contribution >= 4 is 11.6 Å². The molecule has 0 spiro atoms. The Kier molecular flexibility index (Phi) is 4.18. The predicted octanol–water partition coefficient (Wildman–Crippen LogP) is 2.17. The molecule has 1 aromatic carbocycles. The Hall–Kier alpha value is -2.57. The van der Waals surface area contributed by atoms with Crippen LogP contribution >= 0.6 is 0 Å². The Morgan fingerprint density at radius 2 is 2.17 bits per heavy atom. The summed E-state index contributed by atoms with van der Waals surface area (Å²) in [5.74, 6) is 2.36. The fourth-order valence-electron chi connectivity index (χ4n) is 2.69. The number of hydrogen-bond acceptors (Lipinski definition) is 6. The number of hydrogen-bond donors (Lipinski definition) is 0. The van der Waals surface area contributed by atoms with Gasteiger partial charge in [-0.1, -0.05) is 12.1 Å². The maximum absolute atomic E-state index is 12.4. The average molecular weight is 317 g/mol. The normalized spacial score (nSPS) is 17.6. The molecule has 2 aromatic rings. The second kappa shape index (κ2) is 6.28. The van der Waals surface area contributed by atoms with Gasteiger partial charge in [-0.05, 0) is 12.1 Å². The van der Waals surface area contributed by atoms with E-state index in [0.29, 0.717) is 48.3 Å². The van der Waals surface area contributed by atoms with Gasteiger partial charge in [0.1, 0.15) is 11.5 Å². The molecule has 1 aliphatic heterocycles. The van der Waals surface area contributed by atoms with Crippen molar-refractivity contribution in [2.75, 3.05) is 25.7 Å². The molecular formula is C16H19N3O4. The number of rotatable bonds is 5. The van der Waals surface area contributed by atoms with Crippen LogP contribution in [-0.4, -0.2) is 36.8 Å². The lowest BCUT2D eigenvalue weighted by molar-refractivity contribution is -0.117. The van der Waals surface area contributed by atoms with Gasteiger partial charge >= 0.3 is 0 Å². The SMILES string of the molecule is CCc1noc(C2CC(=O)N(c3cc(OC)ccc3OC)C2)n1. The van der Waals surface area contributed by atoms with Crippen LogP contribution in [0.4, 0.5) is 5.69 Å². The van der Waals surface area contributed by atoms with Crippen LogP contribution in [0.5, 0.6) is 11.5 Å². The fraction of sp³-hybridized carbons (Fsp3) is 0.438. The Bertz CT molecular complexity index is 713. The number of anilines is 1. The van der Waals surface area contributed by atoms with E-state index < -0.39 is 0 Å². The molecule has 122 valence electrons. The van der Waals surface area contributed by atoms with Gasteiger partial charge in [-0.3, -0.25) is 4.79 Å². The van der Waals surface area contributed by atoms with E-state index in [1.165, 1.54) is 0 Å². The van der Waals surface area contributed by atoms with Gasteiger partial charge in [-0.15, -0.1) is 0 Å². The van der Waals surface area contributed by atoms with Crippen LogP contribution in [0.3, 0.4) is 0 Å². The molecule has 0 aliphatic carbocycles. The van der Waals surface area contributed by atoms with Gasteiger partial charge in [0.15, 0.2) is 5.82 Å². The largest absolute Gasteiger partial charge is 0.497 e. The quantitative estimate of drug-likeness (QED) is 0.841. The van der Waals surface area contributed by atoms with Crippen LogP contribution in [-0.2, 0) is 11.2 Å². The Morgan fingerprint density at radius 1 is 1.35 bits per heavy atom. The Morgan fingerprint density at radius 3 is 2.83 bits per heavy atom. The molecule has 0 radical (unpaired) electrons. The van der Waals surface area contributed by atoms with E-state index in [-0.39, 0.29) is 11.8 Å². The van der Waals surface area contributed by atoms with E-state index in [4.69, 9.17) is 14.0 Å². The summed E-state index contributed by atoms with van der Waals surface area (Å²) in [7, 11) is 3.17. The summed E-state index contributed by atoms with van der Waals surface area (Å²) in [5.41, 5.74) is 0.689. The molecule has 7 nitrogen and oxygen atoms in total. The van der Waals surface area contributed by atoms with Crippen molar-refractivity contribution in [2.24, 2.45) is 0 Å². The number of aromatic nitrogens is 2. The lowest BCUT2D eigenvalue weighted by Gasteiger charge is -2.20. The molecule has 0 bridgehead atoms. The van der Waals surface area contributed by atoms with Crippen LogP contribution in [0.1, 0.15) is 31.0 Å². The van der Waals surface area contributed by atoms with Gasteiger partial charge in [-0.2, -0.15) is 4.98 Å². The summed E-state index contributed by atoms with van der Waals surface area (Å²) in [4.78, 5) is 18.5. The van der Waals surface area contributed by atoms with Crippen LogP contribution in [0, 0.1) is 0 Å². The number of benzene rings is 1. The number of carbonyl (C=O) groups excluding carboxylic acids is 1. The van der Waals surface area contributed by atoms with Gasteiger partial charge in [0, 0.05) is 25.5 Å².